The lowest BCUT2D eigenvalue weighted by molar-refractivity contribution is -0.136. The van der Waals surface area contributed by atoms with Gasteiger partial charge >= 0.3 is 0 Å². The number of nitrogens with two attached hydrogens (primary N) is 1. The lowest BCUT2D eigenvalue weighted by atomic mass is 10.0. The van der Waals surface area contributed by atoms with Crippen LogP contribution in [-0.2, 0) is 14.3 Å². The molecule has 0 unspecified atom stereocenters. The minimum absolute atomic E-state index is 0.177. The molecule has 0 aliphatic heterocycles. The molecule has 0 aliphatic carbocycles. The summed E-state index contributed by atoms with van der Waals surface area (Å²) in [4.78, 5) is 22.7. The first-order valence-corrected chi connectivity index (χ1v) is 6.29. The predicted octanol–water partition coefficient (Wildman–Crippen LogP) is 1.30. The second-order valence-corrected chi connectivity index (χ2v) is 4.52. The van der Waals surface area contributed by atoms with Gasteiger partial charge in [0, 0.05) is 12.8 Å². The molecular formula is C14H20N2O4. The number of carbonyl (C=O) groups is 2. The van der Waals surface area contributed by atoms with Crippen molar-refractivity contribution in [2.75, 3.05) is 19.0 Å². The molecule has 0 aliphatic rings. The van der Waals surface area contributed by atoms with E-state index in [2.05, 4.69) is 5.32 Å². The molecule has 0 radical (unpaired) electrons. The van der Waals surface area contributed by atoms with E-state index in [1.165, 1.54) is 7.11 Å². The molecule has 0 fully saturated rings. The van der Waals surface area contributed by atoms with Gasteiger partial charge in [0.2, 0.25) is 0 Å². The van der Waals surface area contributed by atoms with Gasteiger partial charge in [-0.05, 0) is 37.6 Å². The van der Waals surface area contributed by atoms with Crippen molar-refractivity contribution in [1.82, 2.24) is 0 Å². The van der Waals surface area contributed by atoms with Gasteiger partial charge in [-0.2, -0.15) is 0 Å². The Kier molecular flexibility index (Phi) is 5.52. The second kappa shape index (κ2) is 6.91. The first-order chi connectivity index (χ1) is 9.41. The van der Waals surface area contributed by atoms with Crippen LogP contribution in [0.15, 0.2) is 24.3 Å². The number of benzene rings is 1. The van der Waals surface area contributed by atoms with Crippen LogP contribution in [0.4, 0.5) is 5.69 Å². The molecule has 1 aromatic carbocycles. The van der Waals surface area contributed by atoms with Crippen LogP contribution in [0.2, 0.25) is 0 Å². The van der Waals surface area contributed by atoms with E-state index in [1.807, 2.05) is 6.92 Å². The molecule has 6 nitrogen and oxygen atoms in total. The fourth-order valence-electron chi connectivity index (χ4n) is 1.45. The van der Waals surface area contributed by atoms with Gasteiger partial charge in [0.05, 0.1) is 0 Å². The highest BCUT2D eigenvalue weighted by Gasteiger charge is 2.30. The van der Waals surface area contributed by atoms with E-state index in [0.29, 0.717) is 17.9 Å². The molecule has 0 spiro atoms. The Bertz CT molecular complexity index is 467. The summed E-state index contributed by atoms with van der Waals surface area (Å²) < 4.78 is 10.3. The Morgan fingerprint density at radius 1 is 1.30 bits per heavy atom. The number of carbonyl (C=O) groups excluding carboxylic acids is 2. The highest BCUT2D eigenvalue weighted by molar-refractivity contribution is 5.97. The normalized spacial score (nSPS) is 13.3. The van der Waals surface area contributed by atoms with E-state index in [1.54, 1.807) is 31.2 Å². The van der Waals surface area contributed by atoms with E-state index in [-0.39, 0.29) is 12.5 Å². The standard InChI is InChI=1S/C14H20N2O4/c1-4-14(2,19-3)13(18)16-10-5-7-11(8-6-10)20-9-12(15)17/h5-8H,4,9H2,1-3H3,(H2,15,17)(H,16,18)/t14-/m0/s1. The molecule has 2 amide bonds. The molecule has 20 heavy (non-hydrogen) atoms. The Morgan fingerprint density at radius 3 is 2.35 bits per heavy atom. The molecule has 3 N–H and O–H groups in total. The fraction of sp³-hybridized carbons (Fsp3) is 0.429. The van der Waals surface area contributed by atoms with Crippen LogP contribution < -0.4 is 15.8 Å². The first kappa shape index (κ1) is 16.0. The summed E-state index contributed by atoms with van der Waals surface area (Å²) in [6.07, 6.45) is 0.565. The Morgan fingerprint density at radius 2 is 1.90 bits per heavy atom. The van der Waals surface area contributed by atoms with E-state index in [9.17, 15) is 9.59 Å². The van der Waals surface area contributed by atoms with Crippen LogP contribution in [0.25, 0.3) is 0 Å². The zero-order valence-electron chi connectivity index (χ0n) is 11.9. The van der Waals surface area contributed by atoms with Crippen LogP contribution in [0.5, 0.6) is 5.75 Å². The van der Waals surface area contributed by atoms with E-state index in [0.717, 1.165) is 0 Å². The Hall–Kier alpha value is -2.08. The summed E-state index contributed by atoms with van der Waals surface area (Å²) in [6, 6.07) is 6.66. The molecule has 110 valence electrons. The fourth-order valence-corrected chi connectivity index (χ4v) is 1.45. The lowest BCUT2D eigenvalue weighted by Gasteiger charge is -2.25. The first-order valence-electron chi connectivity index (χ1n) is 6.29. The molecular weight excluding hydrogens is 260 g/mol. The number of anilines is 1. The van der Waals surface area contributed by atoms with Crippen LogP contribution in [0.1, 0.15) is 20.3 Å². The van der Waals surface area contributed by atoms with Gasteiger partial charge in [-0.1, -0.05) is 6.92 Å². The zero-order chi connectivity index (χ0) is 15.2. The van der Waals surface area contributed by atoms with Crippen molar-refractivity contribution in [3.8, 4) is 5.75 Å². The maximum Gasteiger partial charge on any atom is 0.256 e. The van der Waals surface area contributed by atoms with Crippen LogP contribution in [0.3, 0.4) is 0 Å². The predicted molar refractivity (Wildman–Crippen MR) is 75.5 cm³/mol. The van der Waals surface area contributed by atoms with Crippen molar-refractivity contribution in [2.24, 2.45) is 5.73 Å². The smallest absolute Gasteiger partial charge is 0.256 e. The van der Waals surface area contributed by atoms with E-state index < -0.39 is 11.5 Å². The Balaban J connectivity index is 2.65. The van der Waals surface area contributed by atoms with Gasteiger partial charge in [0.25, 0.3) is 11.8 Å². The summed E-state index contributed by atoms with van der Waals surface area (Å²) >= 11 is 0. The third-order valence-electron chi connectivity index (χ3n) is 3.10. The number of hydrogen-bond donors (Lipinski definition) is 2. The average Bonchev–Trinajstić information content (AvgIpc) is 2.45. The lowest BCUT2D eigenvalue weighted by Crippen LogP contribution is -2.41. The van der Waals surface area contributed by atoms with Crippen molar-refractivity contribution in [1.29, 1.82) is 0 Å². The molecule has 0 saturated carbocycles. The summed E-state index contributed by atoms with van der Waals surface area (Å²) in [7, 11) is 1.50. The second-order valence-electron chi connectivity index (χ2n) is 4.52. The molecule has 1 aromatic rings. The number of primary amides is 1. The summed E-state index contributed by atoms with van der Waals surface area (Å²) in [5, 5.41) is 2.77. The van der Waals surface area contributed by atoms with Crippen molar-refractivity contribution in [2.45, 2.75) is 25.9 Å². The highest BCUT2D eigenvalue weighted by Crippen LogP contribution is 2.20. The summed E-state index contributed by atoms with van der Waals surface area (Å²) in [6.45, 7) is 3.43. The molecule has 1 atom stereocenters. The molecule has 0 saturated heterocycles. The summed E-state index contributed by atoms with van der Waals surface area (Å²) in [5.41, 5.74) is 4.74. The quantitative estimate of drug-likeness (QED) is 0.787. The van der Waals surface area contributed by atoms with E-state index >= 15 is 0 Å². The van der Waals surface area contributed by atoms with Gasteiger partial charge in [-0.3, -0.25) is 9.59 Å². The SMILES string of the molecule is CC[C@](C)(OC)C(=O)Nc1ccc(OCC(N)=O)cc1. The number of nitrogens with one attached hydrogen (secondary N) is 1. The number of hydrogen-bond acceptors (Lipinski definition) is 4. The molecule has 6 heteroatoms. The molecule has 1 rings (SSSR count). The minimum Gasteiger partial charge on any atom is -0.484 e. The minimum atomic E-state index is -0.860. The van der Waals surface area contributed by atoms with Gasteiger partial charge in [-0.25, -0.2) is 0 Å². The topological polar surface area (TPSA) is 90.7 Å². The summed E-state index contributed by atoms with van der Waals surface area (Å²) in [5.74, 6) is -0.249. The number of rotatable bonds is 7. The number of ether oxygens (including phenoxy) is 2. The maximum absolute atomic E-state index is 12.1. The van der Waals surface area contributed by atoms with Crippen LogP contribution in [0, 0.1) is 0 Å². The largest absolute Gasteiger partial charge is 0.484 e. The van der Waals surface area contributed by atoms with Crippen molar-refractivity contribution < 1.29 is 19.1 Å². The molecule has 0 aromatic heterocycles. The monoisotopic (exact) mass is 280 g/mol. The molecule has 0 heterocycles. The van der Waals surface area contributed by atoms with Crippen molar-refractivity contribution in [3.05, 3.63) is 24.3 Å². The van der Waals surface area contributed by atoms with Crippen LogP contribution in [-0.4, -0.2) is 31.1 Å². The van der Waals surface area contributed by atoms with Gasteiger partial charge in [-0.15, -0.1) is 0 Å². The van der Waals surface area contributed by atoms with E-state index in [4.69, 9.17) is 15.2 Å². The Labute approximate surface area is 118 Å². The van der Waals surface area contributed by atoms with Gasteiger partial charge in [0.15, 0.2) is 6.61 Å². The van der Waals surface area contributed by atoms with Crippen LogP contribution >= 0.6 is 0 Å². The average molecular weight is 280 g/mol. The molecule has 0 bridgehead atoms. The third kappa shape index (κ3) is 4.24. The number of methoxy groups -OCH3 is 1. The zero-order valence-corrected chi connectivity index (χ0v) is 11.9. The van der Waals surface area contributed by atoms with Crippen molar-refractivity contribution in [3.63, 3.8) is 0 Å². The van der Waals surface area contributed by atoms with Crippen molar-refractivity contribution >= 4 is 17.5 Å². The maximum atomic E-state index is 12.1. The third-order valence-corrected chi connectivity index (χ3v) is 3.10. The van der Waals surface area contributed by atoms with Gasteiger partial charge in [0.1, 0.15) is 11.4 Å². The number of amides is 2. The highest BCUT2D eigenvalue weighted by atomic mass is 16.5. The van der Waals surface area contributed by atoms with Gasteiger partial charge < -0.3 is 20.5 Å².